The summed E-state index contributed by atoms with van der Waals surface area (Å²) in [5.41, 5.74) is 7.74. The maximum atomic E-state index is 6.42. The van der Waals surface area contributed by atoms with Crippen LogP contribution in [-0.2, 0) is 12.1 Å². The SMILES string of the molecule is CN1CCC(N)(c2nc(-c3ccc(OCc4cccnc4)cc3)no2)C1. The summed E-state index contributed by atoms with van der Waals surface area (Å²) in [6, 6.07) is 11.5. The van der Waals surface area contributed by atoms with Crippen LogP contribution >= 0.6 is 0 Å². The molecule has 134 valence electrons. The molecule has 1 aliphatic rings. The minimum absolute atomic E-state index is 0.475. The second kappa shape index (κ2) is 6.86. The Bertz CT molecular complexity index is 865. The summed E-state index contributed by atoms with van der Waals surface area (Å²) in [6.45, 7) is 2.12. The van der Waals surface area contributed by atoms with Crippen molar-refractivity contribution < 1.29 is 9.26 Å². The molecule has 0 aliphatic carbocycles. The van der Waals surface area contributed by atoms with Crippen LogP contribution in [0.25, 0.3) is 11.4 Å². The number of ether oxygens (including phenoxy) is 1. The lowest BCUT2D eigenvalue weighted by molar-refractivity contribution is 0.278. The van der Waals surface area contributed by atoms with Crippen LogP contribution < -0.4 is 10.5 Å². The topological polar surface area (TPSA) is 90.3 Å². The molecule has 26 heavy (non-hydrogen) atoms. The van der Waals surface area contributed by atoms with Crippen molar-refractivity contribution >= 4 is 0 Å². The Morgan fingerprint density at radius 3 is 2.81 bits per heavy atom. The maximum absolute atomic E-state index is 6.42. The Balaban J connectivity index is 1.44. The molecule has 2 N–H and O–H groups in total. The second-order valence-corrected chi connectivity index (χ2v) is 6.74. The first-order valence-electron chi connectivity index (χ1n) is 8.56. The first kappa shape index (κ1) is 16.7. The van der Waals surface area contributed by atoms with Crippen molar-refractivity contribution in [3.8, 4) is 17.1 Å². The van der Waals surface area contributed by atoms with Crippen LogP contribution in [0.2, 0.25) is 0 Å². The molecular weight excluding hydrogens is 330 g/mol. The van der Waals surface area contributed by atoms with E-state index in [1.165, 1.54) is 0 Å². The van der Waals surface area contributed by atoms with Crippen LogP contribution in [0.15, 0.2) is 53.3 Å². The van der Waals surface area contributed by atoms with Crippen LogP contribution in [0.1, 0.15) is 17.9 Å². The Morgan fingerprint density at radius 2 is 2.12 bits per heavy atom. The highest BCUT2D eigenvalue weighted by Gasteiger charge is 2.39. The number of nitrogens with zero attached hydrogens (tertiary/aromatic N) is 4. The highest BCUT2D eigenvalue weighted by atomic mass is 16.5. The summed E-state index contributed by atoms with van der Waals surface area (Å²) < 4.78 is 11.2. The van der Waals surface area contributed by atoms with Crippen molar-refractivity contribution in [2.24, 2.45) is 5.73 Å². The van der Waals surface area contributed by atoms with Crippen molar-refractivity contribution in [3.63, 3.8) is 0 Å². The van der Waals surface area contributed by atoms with E-state index in [4.69, 9.17) is 15.0 Å². The fraction of sp³-hybridized carbons (Fsp3) is 0.316. The molecule has 0 saturated carbocycles. The van der Waals surface area contributed by atoms with Gasteiger partial charge >= 0.3 is 0 Å². The molecule has 1 unspecified atom stereocenters. The summed E-state index contributed by atoms with van der Waals surface area (Å²) in [6.07, 6.45) is 4.34. The van der Waals surface area contributed by atoms with Crippen LogP contribution in [0.3, 0.4) is 0 Å². The van der Waals surface area contributed by atoms with E-state index in [1.54, 1.807) is 12.4 Å². The Labute approximate surface area is 151 Å². The standard InChI is InChI=1S/C19H21N5O2/c1-24-10-8-19(20,13-24)18-22-17(23-26-18)15-4-6-16(7-5-15)25-12-14-3-2-9-21-11-14/h2-7,9,11H,8,10,12-13,20H2,1H3. The van der Waals surface area contributed by atoms with E-state index in [0.717, 1.165) is 36.4 Å². The van der Waals surface area contributed by atoms with Gasteiger partial charge in [-0.3, -0.25) is 4.98 Å². The van der Waals surface area contributed by atoms with E-state index in [-0.39, 0.29) is 0 Å². The molecule has 0 bridgehead atoms. The predicted octanol–water partition coefficient (Wildman–Crippen LogP) is 2.20. The number of hydrogen-bond acceptors (Lipinski definition) is 7. The van der Waals surface area contributed by atoms with E-state index >= 15 is 0 Å². The third-order valence-electron chi connectivity index (χ3n) is 4.58. The largest absolute Gasteiger partial charge is 0.489 e. The number of benzene rings is 1. The highest BCUT2D eigenvalue weighted by Crippen LogP contribution is 2.29. The smallest absolute Gasteiger partial charge is 0.248 e. The summed E-state index contributed by atoms with van der Waals surface area (Å²) in [5.74, 6) is 1.81. The summed E-state index contributed by atoms with van der Waals surface area (Å²) in [7, 11) is 2.04. The van der Waals surface area contributed by atoms with Gasteiger partial charge in [0, 0.05) is 36.6 Å². The highest BCUT2D eigenvalue weighted by molar-refractivity contribution is 5.55. The van der Waals surface area contributed by atoms with Gasteiger partial charge in [-0.15, -0.1) is 0 Å². The molecule has 1 saturated heterocycles. The summed E-state index contributed by atoms with van der Waals surface area (Å²) >= 11 is 0. The van der Waals surface area contributed by atoms with Gasteiger partial charge in [-0.25, -0.2) is 0 Å². The molecular formula is C19H21N5O2. The van der Waals surface area contributed by atoms with Gasteiger partial charge in [-0.05, 0) is 43.8 Å². The Kier molecular flexibility index (Phi) is 4.40. The minimum atomic E-state index is -0.563. The van der Waals surface area contributed by atoms with E-state index in [1.807, 2.05) is 43.4 Å². The Hall–Kier alpha value is -2.77. The van der Waals surface area contributed by atoms with Gasteiger partial charge < -0.3 is 19.9 Å². The number of pyridine rings is 1. The van der Waals surface area contributed by atoms with Crippen molar-refractivity contribution in [2.45, 2.75) is 18.6 Å². The summed E-state index contributed by atoms with van der Waals surface area (Å²) in [5, 5.41) is 4.09. The molecule has 1 atom stereocenters. The number of likely N-dealkylation sites (tertiary alicyclic amines) is 1. The first-order chi connectivity index (χ1) is 12.6. The molecule has 3 aromatic rings. The average molecular weight is 351 g/mol. The van der Waals surface area contributed by atoms with Crippen molar-refractivity contribution in [1.82, 2.24) is 20.0 Å². The van der Waals surface area contributed by atoms with Gasteiger partial charge in [-0.2, -0.15) is 4.98 Å². The third kappa shape index (κ3) is 3.44. The zero-order valence-corrected chi connectivity index (χ0v) is 14.6. The average Bonchev–Trinajstić information content (AvgIpc) is 3.29. The van der Waals surface area contributed by atoms with Crippen molar-refractivity contribution in [2.75, 3.05) is 20.1 Å². The molecule has 1 aliphatic heterocycles. The number of aromatic nitrogens is 3. The lowest BCUT2D eigenvalue weighted by atomic mass is 10.0. The zero-order chi connectivity index (χ0) is 18.0. The van der Waals surface area contributed by atoms with Gasteiger partial charge in [0.25, 0.3) is 0 Å². The zero-order valence-electron chi connectivity index (χ0n) is 14.6. The lowest BCUT2D eigenvalue weighted by Crippen LogP contribution is -2.39. The van der Waals surface area contributed by atoms with E-state index < -0.39 is 5.54 Å². The lowest BCUT2D eigenvalue weighted by Gasteiger charge is -2.18. The first-order valence-corrected chi connectivity index (χ1v) is 8.56. The predicted molar refractivity (Wildman–Crippen MR) is 96.3 cm³/mol. The molecule has 7 heteroatoms. The molecule has 2 aromatic heterocycles. The van der Waals surface area contributed by atoms with Gasteiger partial charge in [0.2, 0.25) is 11.7 Å². The van der Waals surface area contributed by atoms with Gasteiger partial charge in [0.15, 0.2) is 0 Å². The quantitative estimate of drug-likeness (QED) is 0.753. The molecule has 3 heterocycles. The normalized spacial score (nSPS) is 20.4. The molecule has 1 fully saturated rings. The number of likely N-dealkylation sites (N-methyl/N-ethyl adjacent to an activating group) is 1. The van der Waals surface area contributed by atoms with Gasteiger partial charge in [-0.1, -0.05) is 11.2 Å². The summed E-state index contributed by atoms with van der Waals surface area (Å²) in [4.78, 5) is 10.8. The van der Waals surface area contributed by atoms with Gasteiger partial charge in [0.1, 0.15) is 17.9 Å². The second-order valence-electron chi connectivity index (χ2n) is 6.74. The number of hydrogen-bond donors (Lipinski definition) is 1. The monoisotopic (exact) mass is 351 g/mol. The third-order valence-corrected chi connectivity index (χ3v) is 4.58. The van der Waals surface area contributed by atoms with Crippen LogP contribution in [-0.4, -0.2) is 40.2 Å². The van der Waals surface area contributed by atoms with E-state index in [0.29, 0.717) is 18.3 Å². The maximum Gasteiger partial charge on any atom is 0.248 e. The Morgan fingerprint density at radius 1 is 1.27 bits per heavy atom. The van der Waals surface area contributed by atoms with Gasteiger partial charge in [0.05, 0.1) is 0 Å². The van der Waals surface area contributed by atoms with E-state index in [2.05, 4.69) is 20.0 Å². The molecule has 1 aromatic carbocycles. The van der Waals surface area contributed by atoms with Crippen LogP contribution in [0.5, 0.6) is 5.75 Å². The van der Waals surface area contributed by atoms with Crippen LogP contribution in [0.4, 0.5) is 0 Å². The fourth-order valence-electron chi connectivity index (χ4n) is 3.10. The molecule has 0 radical (unpaired) electrons. The van der Waals surface area contributed by atoms with Crippen molar-refractivity contribution in [3.05, 3.63) is 60.2 Å². The van der Waals surface area contributed by atoms with E-state index in [9.17, 15) is 0 Å². The minimum Gasteiger partial charge on any atom is -0.489 e. The molecule has 4 rings (SSSR count). The van der Waals surface area contributed by atoms with Crippen molar-refractivity contribution in [1.29, 1.82) is 0 Å². The fourth-order valence-corrected chi connectivity index (χ4v) is 3.10. The van der Waals surface area contributed by atoms with Crippen LogP contribution in [0, 0.1) is 0 Å². The molecule has 0 amide bonds. The molecule has 7 nitrogen and oxygen atoms in total. The number of nitrogens with two attached hydrogens (primary N) is 1. The molecule has 0 spiro atoms. The number of rotatable bonds is 5.